The number of ether oxygens (including phenoxy) is 2. The van der Waals surface area contributed by atoms with Crippen molar-refractivity contribution >= 4 is 11.8 Å². The number of hydrogen-bond acceptors (Lipinski definition) is 6. The first kappa shape index (κ1) is 18.3. The Morgan fingerprint density at radius 2 is 1.93 bits per heavy atom. The quantitative estimate of drug-likeness (QED) is 0.756. The van der Waals surface area contributed by atoms with Gasteiger partial charge in [0.05, 0.1) is 17.8 Å². The molecule has 4 saturated carbocycles. The second-order valence-electron chi connectivity index (χ2n) is 9.51. The van der Waals surface area contributed by atoms with Crippen molar-refractivity contribution in [1.29, 1.82) is 0 Å². The smallest absolute Gasteiger partial charge is 0.340 e. The fraction of sp³-hybridized carbons (Fsp3) is 0.636. The van der Waals surface area contributed by atoms with Crippen molar-refractivity contribution in [3.05, 3.63) is 35.9 Å². The fourth-order valence-corrected chi connectivity index (χ4v) is 7.08. The van der Waals surface area contributed by atoms with Crippen LogP contribution in [0.1, 0.15) is 50.4 Å². The Bertz CT molecular complexity index is 884. The molecule has 1 spiro atoms. The predicted octanol–water partition coefficient (Wildman–Crippen LogP) is 2.08. The van der Waals surface area contributed by atoms with Gasteiger partial charge in [-0.1, -0.05) is 32.0 Å². The number of aliphatic hydroxyl groups is 2. The molecule has 0 aromatic heterocycles. The van der Waals surface area contributed by atoms with E-state index in [0.29, 0.717) is 18.4 Å². The molecule has 0 radical (unpaired) electrons. The van der Waals surface area contributed by atoms with E-state index in [-0.39, 0.29) is 24.7 Å². The van der Waals surface area contributed by atoms with Gasteiger partial charge in [-0.25, -0.2) is 4.79 Å². The van der Waals surface area contributed by atoms with Gasteiger partial charge in [-0.15, -0.1) is 0 Å². The molecule has 5 aliphatic rings. The predicted molar refractivity (Wildman–Crippen MR) is 98.2 cm³/mol. The Morgan fingerprint density at radius 3 is 2.61 bits per heavy atom. The highest BCUT2D eigenvalue weighted by molar-refractivity contribution is 5.94. The van der Waals surface area contributed by atoms with E-state index in [4.69, 9.17) is 9.47 Å². The number of hydrogen-bond donors (Lipinski definition) is 2. The van der Waals surface area contributed by atoms with E-state index in [9.17, 15) is 19.8 Å². The van der Waals surface area contributed by atoms with E-state index in [1.54, 1.807) is 37.3 Å². The topological polar surface area (TPSA) is 93.1 Å². The van der Waals surface area contributed by atoms with Crippen LogP contribution in [0, 0.1) is 22.2 Å². The minimum absolute atomic E-state index is 0.0549. The number of esters is 1. The summed E-state index contributed by atoms with van der Waals surface area (Å²) in [5.41, 5.74) is -4.28. The van der Waals surface area contributed by atoms with Crippen molar-refractivity contribution in [2.75, 3.05) is 6.61 Å². The van der Waals surface area contributed by atoms with Crippen molar-refractivity contribution in [2.24, 2.45) is 22.2 Å². The van der Waals surface area contributed by atoms with E-state index in [2.05, 4.69) is 0 Å². The number of aliphatic hydroxyl groups excluding tert-OH is 1. The van der Waals surface area contributed by atoms with Gasteiger partial charge < -0.3 is 19.7 Å². The largest absolute Gasteiger partial charge is 0.425 e. The van der Waals surface area contributed by atoms with Crippen LogP contribution in [-0.4, -0.2) is 46.1 Å². The van der Waals surface area contributed by atoms with Crippen LogP contribution in [0.15, 0.2) is 30.3 Å². The zero-order chi connectivity index (χ0) is 20.2. The van der Waals surface area contributed by atoms with Gasteiger partial charge in [0.15, 0.2) is 0 Å². The zero-order valence-corrected chi connectivity index (χ0v) is 16.4. The first-order valence-corrected chi connectivity index (χ1v) is 9.97. The minimum Gasteiger partial charge on any atom is -0.425 e. The highest BCUT2D eigenvalue weighted by Gasteiger charge is 2.92. The van der Waals surface area contributed by atoms with Crippen LogP contribution in [0.3, 0.4) is 0 Å². The summed E-state index contributed by atoms with van der Waals surface area (Å²) >= 11 is 0. The summed E-state index contributed by atoms with van der Waals surface area (Å²) in [5, 5.41) is 23.5. The molecule has 7 atom stereocenters. The molecule has 6 heteroatoms. The summed E-state index contributed by atoms with van der Waals surface area (Å²) in [6.45, 7) is 5.55. The third-order valence-electron chi connectivity index (χ3n) is 8.99. The standard InChI is InChI=1S/C22H26O6/c1-13-9-10-21(26)18(2)12-27-22(28-16(24)14-7-5-4-6-8-14)17(25)20(13,21)11-15(23)19(18,22)3/h4-8,13,17,25-26H,9-12H2,1-3H3/t13-,17-,18-,19+,20+,21+,22-/m1/s1. The van der Waals surface area contributed by atoms with Crippen LogP contribution in [0.5, 0.6) is 0 Å². The summed E-state index contributed by atoms with van der Waals surface area (Å²) in [4.78, 5) is 26.4. The van der Waals surface area contributed by atoms with Crippen LogP contribution in [0.25, 0.3) is 0 Å². The SMILES string of the molecule is C[C@@H]1CC[C@@]2(O)[C@@]13CC(=O)[C@]1(C)[C@@](OC(=O)c4ccccc4)(OC[C@@]21C)[C@@H]3O. The Hall–Kier alpha value is -1.76. The molecule has 1 heterocycles. The van der Waals surface area contributed by atoms with Gasteiger partial charge in [-0.2, -0.15) is 0 Å². The summed E-state index contributed by atoms with van der Waals surface area (Å²) < 4.78 is 11.9. The Labute approximate surface area is 163 Å². The Balaban J connectivity index is 1.70. The minimum atomic E-state index is -1.80. The molecule has 6 rings (SSSR count). The maximum atomic E-state index is 13.4. The highest BCUT2D eigenvalue weighted by Crippen LogP contribution is 2.80. The Morgan fingerprint density at radius 1 is 1.25 bits per heavy atom. The molecular formula is C22H26O6. The molecule has 1 saturated heterocycles. The van der Waals surface area contributed by atoms with Gasteiger partial charge in [-0.05, 0) is 37.8 Å². The molecule has 1 aliphatic heterocycles. The second kappa shape index (κ2) is 5.04. The lowest BCUT2D eigenvalue weighted by Gasteiger charge is -2.70. The van der Waals surface area contributed by atoms with Crippen LogP contribution in [0.4, 0.5) is 0 Å². The summed E-state index contributed by atoms with van der Waals surface area (Å²) in [6, 6.07) is 8.48. The summed E-state index contributed by atoms with van der Waals surface area (Å²) in [7, 11) is 0. The van der Waals surface area contributed by atoms with Crippen molar-refractivity contribution in [3.8, 4) is 0 Å². The molecule has 1 aromatic rings. The van der Waals surface area contributed by atoms with E-state index in [1.165, 1.54) is 0 Å². The van der Waals surface area contributed by atoms with Crippen molar-refractivity contribution in [2.45, 2.75) is 57.5 Å². The number of benzene rings is 1. The average molecular weight is 386 g/mol. The lowest BCUT2D eigenvalue weighted by molar-refractivity contribution is -0.366. The van der Waals surface area contributed by atoms with Gasteiger partial charge in [-0.3, -0.25) is 4.79 Å². The van der Waals surface area contributed by atoms with Crippen molar-refractivity contribution < 1.29 is 29.3 Å². The van der Waals surface area contributed by atoms with Crippen LogP contribution < -0.4 is 0 Å². The molecule has 5 fully saturated rings. The number of rotatable bonds is 2. The van der Waals surface area contributed by atoms with E-state index >= 15 is 0 Å². The van der Waals surface area contributed by atoms with Gasteiger partial charge >= 0.3 is 5.97 Å². The van der Waals surface area contributed by atoms with Crippen LogP contribution in [0.2, 0.25) is 0 Å². The van der Waals surface area contributed by atoms with Gasteiger partial charge in [0.2, 0.25) is 0 Å². The number of ketones is 1. The third-order valence-corrected chi connectivity index (χ3v) is 8.99. The molecule has 0 unspecified atom stereocenters. The lowest BCUT2D eigenvalue weighted by atomic mass is 9.35. The normalized spacial score (nSPS) is 51.2. The zero-order valence-electron chi connectivity index (χ0n) is 16.4. The number of Topliss-reactive ketones (excluding diaryl/α,β-unsaturated/α-hetero) is 1. The van der Waals surface area contributed by atoms with E-state index in [0.717, 1.165) is 0 Å². The summed E-state index contributed by atoms with van der Waals surface area (Å²) in [6.07, 6.45) is -0.00825. The third kappa shape index (κ3) is 1.51. The maximum absolute atomic E-state index is 13.4. The highest BCUT2D eigenvalue weighted by atomic mass is 16.7. The first-order chi connectivity index (χ1) is 13.1. The Kier molecular flexibility index (Phi) is 3.29. The van der Waals surface area contributed by atoms with E-state index < -0.39 is 39.7 Å². The maximum Gasteiger partial charge on any atom is 0.340 e. The molecule has 4 bridgehead atoms. The summed E-state index contributed by atoms with van der Waals surface area (Å²) in [5.74, 6) is -2.65. The molecule has 4 aliphatic carbocycles. The monoisotopic (exact) mass is 386 g/mol. The average Bonchev–Trinajstić information content (AvgIpc) is 3.07. The number of carbonyl (C=O) groups excluding carboxylic acids is 2. The van der Waals surface area contributed by atoms with Crippen LogP contribution in [-0.2, 0) is 14.3 Å². The van der Waals surface area contributed by atoms with Gasteiger partial charge in [0.25, 0.3) is 5.79 Å². The van der Waals surface area contributed by atoms with Gasteiger partial charge in [0, 0.05) is 17.3 Å². The lowest BCUT2D eigenvalue weighted by Crippen LogP contribution is -2.84. The molecule has 0 amide bonds. The van der Waals surface area contributed by atoms with Gasteiger partial charge in [0.1, 0.15) is 17.3 Å². The second-order valence-corrected chi connectivity index (χ2v) is 9.51. The molecule has 150 valence electrons. The molecule has 1 aromatic carbocycles. The molecule has 28 heavy (non-hydrogen) atoms. The van der Waals surface area contributed by atoms with Crippen LogP contribution >= 0.6 is 0 Å². The fourth-order valence-electron chi connectivity index (χ4n) is 7.08. The number of carbonyl (C=O) groups is 2. The molecular weight excluding hydrogens is 360 g/mol. The number of fused-ring (bicyclic) bond motifs is 1. The van der Waals surface area contributed by atoms with Crippen molar-refractivity contribution in [3.63, 3.8) is 0 Å². The van der Waals surface area contributed by atoms with Crippen molar-refractivity contribution in [1.82, 2.24) is 0 Å². The molecule has 6 nitrogen and oxygen atoms in total. The van der Waals surface area contributed by atoms with E-state index in [1.807, 2.05) is 13.8 Å². The first-order valence-electron chi connectivity index (χ1n) is 9.97. The molecule has 2 N–H and O–H groups in total.